The molecule has 1 heteroatoms. The van der Waals surface area contributed by atoms with Gasteiger partial charge in [0.05, 0.1) is 5.69 Å². The Morgan fingerprint density at radius 3 is 1.62 bits per heavy atom. The molecule has 0 unspecified atom stereocenters. The zero-order valence-corrected chi connectivity index (χ0v) is 13.2. The SMILES string of the molecule is [c]1c(-c2ccccc2)cnc(-c2ccccc2)c1-c1ccccc1. The minimum absolute atomic E-state index is 0.960. The summed E-state index contributed by atoms with van der Waals surface area (Å²) in [4.78, 5) is 4.77. The smallest absolute Gasteiger partial charge is 0.0787 e. The summed E-state index contributed by atoms with van der Waals surface area (Å²) >= 11 is 0. The van der Waals surface area contributed by atoms with Gasteiger partial charge in [-0.3, -0.25) is 4.98 Å². The van der Waals surface area contributed by atoms with E-state index in [1.54, 1.807) is 0 Å². The van der Waals surface area contributed by atoms with Gasteiger partial charge in [0.1, 0.15) is 0 Å². The van der Waals surface area contributed by atoms with E-state index < -0.39 is 0 Å². The van der Waals surface area contributed by atoms with Crippen LogP contribution in [0.25, 0.3) is 33.5 Å². The Bertz CT molecular complexity index is 929. The van der Waals surface area contributed by atoms with Crippen molar-refractivity contribution in [2.24, 2.45) is 0 Å². The van der Waals surface area contributed by atoms with E-state index in [1.807, 2.05) is 60.8 Å². The fourth-order valence-corrected chi connectivity index (χ4v) is 2.81. The van der Waals surface area contributed by atoms with E-state index >= 15 is 0 Å². The maximum Gasteiger partial charge on any atom is 0.0787 e. The Balaban J connectivity index is 1.92. The van der Waals surface area contributed by atoms with Gasteiger partial charge in [-0.25, -0.2) is 0 Å². The summed E-state index contributed by atoms with van der Waals surface area (Å²) in [6.45, 7) is 0. The maximum absolute atomic E-state index is 4.77. The second kappa shape index (κ2) is 6.51. The average molecular weight is 306 g/mol. The summed E-state index contributed by atoms with van der Waals surface area (Å²) in [7, 11) is 0. The van der Waals surface area contributed by atoms with Crippen molar-refractivity contribution in [3.05, 3.63) is 103 Å². The molecule has 0 amide bonds. The zero-order chi connectivity index (χ0) is 16.2. The molecule has 3 aromatic carbocycles. The normalized spacial score (nSPS) is 10.5. The van der Waals surface area contributed by atoms with Gasteiger partial charge in [0.25, 0.3) is 0 Å². The minimum Gasteiger partial charge on any atom is -0.255 e. The number of hydrogen-bond acceptors (Lipinski definition) is 1. The summed E-state index contributed by atoms with van der Waals surface area (Å²) in [6, 6.07) is 34.5. The Morgan fingerprint density at radius 1 is 0.542 bits per heavy atom. The van der Waals surface area contributed by atoms with Crippen LogP contribution in [0.3, 0.4) is 0 Å². The average Bonchev–Trinajstić information content (AvgIpc) is 2.69. The number of hydrogen-bond donors (Lipinski definition) is 0. The number of nitrogens with zero attached hydrogens (tertiary/aromatic N) is 1. The molecule has 0 fully saturated rings. The molecule has 1 aromatic heterocycles. The van der Waals surface area contributed by atoms with E-state index in [-0.39, 0.29) is 0 Å². The summed E-state index contributed by atoms with van der Waals surface area (Å²) < 4.78 is 0. The lowest BCUT2D eigenvalue weighted by Gasteiger charge is -2.11. The van der Waals surface area contributed by atoms with Gasteiger partial charge in [-0.05, 0) is 11.1 Å². The van der Waals surface area contributed by atoms with Crippen molar-refractivity contribution in [2.45, 2.75) is 0 Å². The van der Waals surface area contributed by atoms with E-state index in [0.717, 1.165) is 33.5 Å². The highest BCUT2D eigenvalue weighted by Crippen LogP contribution is 2.33. The zero-order valence-electron chi connectivity index (χ0n) is 13.2. The first-order valence-corrected chi connectivity index (χ1v) is 8.00. The molecule has 0 aliphatic carbocycles. The van der Waals surface area contributed by atoms with Crippen molar-refractivity contribution >= 4 is 0 Å². The molecule has 113 valence electrons. The summed E-state index contributed by atoms with van der Waals surface area (Å²) in [5.41, 5.74) is 6.36. The van der Waals surface area contributed by atoms with Crippen LogP contribution in [0.1, 0.15) is 0 Å². The van der Waals surface area contributed by atoms with E-state index in [4.69, 9.17) is 4.98 Å². The Kier molecular flexibility index (Phi) is 3.91. The number of rotatable bonds is 3. The molecule has 1 nitrogen and oxygen atoms in total. The molecule has 0 saturated heterocycles. The predicted octanol–water partition coefficient (Wildman–Crippen LogP) is 5.88. The van der Waals surface area contributed by atoms with Crippen LogP contribution < -0.4 is 0 Å². The molecule has 0 bridgehead atoms. The molecule has 1 heterocycles. The highest BCUT2D eigenvalue weighted by atomic mass is 14.7. The minimum atomic E-state index is 0.960. The van der Waals surface area contributed by atoms with Crippen LogP contribution >= 0.6 is 0 Å². The third kappa shape index (κ3) is 2.84. The molecule has 0 N–H and O–H groups in total. The molecule has 0 saturated carbocycles. The van der Waals surface area contributed by atoms with Crippen molar-refractivity contribution in [3.63, 3.8) is 0 Å². The monoisotopic (exact) mass is 306 g/mol. The van der Waals surface area contributed by atoms with Gasteiger partial charge in [-0.1, -0.05) is 91.0 Å². The van der Waals surface area contributed by atoms with E-state index in [0.29, 0.717) is 0 Å². The van der Waals surface area contributed by atoms with Crippen LogP contribution in [-0.2, 0) is 0 Å². The highest BCUT2D eigenvalue weighted by molar-refractivity contribution is 5.83. The van der Waals surface area contributed by atoms with Crippen molar-refractivity contribution in [3.8, 4) is 33.5 Å². The molecular formula is C23H16N. The first-order chi connectivity index (χ1) is 11.9. The highest BCUT2D eigenvalue weighted by Gasteiger charge is 2.11. The standard InChI is InChI=1S/C23H16N/c1-4-10-18(11-5-1)21-16-22(19-12-6-2-7-13-19)23(24-17-21)20-14-8-3-9-15-20/h1-15,17H. The Labute approximate surface area is 142 Å². The fraction of sp³-hybridized carbons (Fsp3) is 0. The topological polar surface area (TPSA) is 12.9 Å². The van der Waals surface area contributed by atoms with Crippen LogP contribution in [0.4, 0.5) is 0 Å². The summed E-state index contributed by atoms with van der Waals surface area (Å²) in [5, 5.41) is 0. The van der Waals surface area contributed by atoms with Gasteiger partial charge in [0, 0.05) is 29.0 Å². The molecule has 0 spiro atoms. The van der Waals surface area contributed by atoms with E-state index in [2.05, 4.69) is 42.5 Å². The van der Waals surface area contributed by atoms with Crippen molar-refractivity contribution in [1.29, 1.82) is 0 Å². The molecule has 24 heavy (non-hydrogen) atoms. The molecule has 4 rings (SSSR count). The lowest BCUT2D eigenvalue weighted by atomic mass is 9.96. The van der Waals surface area contributed by atoms with Gasteiger partial charge in [0.2, 0.25) is 0 Å². The number of pyridine rings is 1. The van der Waals surface area contributed by atoms with Gasteiger partial charge in [-0.2, -0.15) is 0 Å². The number of benzene rings is 3. The lowest BCUT2D eigenvalue weighted by Crippen LogP contribution is -1.91. The van der Waals surface area contributed by atoms with Gasteiger partial charge < -0.3 is 0 Å². The Morgan fingerprint density at radius 2 is 1.04 bits per heavy atom. The third-order valence-corrected chi connectivity index (χ3v) is 4.01. The fourth-order valence-electron chi connectivity index (χ4n) is 2.81. The predicted molar refractivity (Wildman–Crippen MR) is 99.4 cm³/mol. The Hall–Kier alpha value is -3.19. The first kappa shape index (κ1) is 14.4. The molecule has 1 radical (unpaired) electrons. The van der Waals surface area contributed by atoms with E-state index in [1.165, 1.54) is 0 Å². The van der Waals surface area contributed by atoms with Crippen molar-refractivity contribution in [1.82, 2.24) is 4.98 Å². The van der Waals surface area contributed by atoms with Crippen LogP contribution in [0.5, 0.6) is 0 Å². The molecule has 0 aliphatic rings. The lowest BCUT2D eigenvalue weighted by molar-refractivity contribution is 1.32. The molecule has 0 aliphatic heterocycles. The maximum atomic E-state index is 4.77. The van der Waals surface area contributed by atoms with Crippen LogP contribution in [0.15, 0.2) is 97.2 Å². The molecule has 0 atom stereocenters. The summed E-state index contributed by atoms with van der Waals surface area (Å²) in [6.07, 6.45) is 1.91. The van der Waals surface area contributed by atoms with Gasteiger partial charge in [-0.15, -0.1) is 0 Å². The van der Waals surface area contributed by atoms with Crippen LogP contribution in [0, 0.1) is 6.07 Å². The van der Waals surface area contributed by atoms with Gasteiger partial charge in [0.15, 0.2) is 0 Å². The third-order valence-electron chi connectivity index (χ3n) is 4.01. The van der Waals surface area contributed by atoms with Crippen LogP contribution in [-0.4, -0.2) is 4.98 Å². The van der Waals surface area contributed by atoms with Crippen molar-refractivity contribution < 1.29 is 0 Å². The second-order valence-electron chi connectivity index (χ2n) is 5.62. The van der Waals surface area contributed by atoms with Gasteiger partial charge >= 0.3 is 0 Å². The molecule has 4 aromatic rings. The molecular weight excluding hydrogens is 290 g/mol. The first-order valence-electron chi connectivity index (χ1n) is 8.00. The second-order valence-corrected chi connectivity index (χ2v) is 5.62. The summed E-state index contributed by atoms with van der Waals surface area (Å²) in [5.74, 6) is 0. The van der Waals surface area contributed by atoms with E-state index in [9.17, 15) is 0 Å². The number of aromatic nitrogens is 1. The van der Waals surface area contributed by atoms with Crippen molar-refractivity contribution in [2.75, 3.05) is 0 Å². The van der Waals surface area contributed by atoms with Crippen LogP contribution in [0.2, 0.25) is 0 Å². The largest absolute Gasteiger partial charge is 0.255 e. The quantitative estimate of drug-likeness (QED) is 0.460.